The van der Waals surface area contributed by atoms with Crippen LogP contribution < -0.4 is 4.74 Å². The van der Waals surface area contributed by atoms with Crippen LogP contribution in [0.2, 0.25) is 0 Å². The van der Waals surface area contributed by atoms with Crippen LogP contribution in [0.5, 0.6) is 5.88 Å². The van der Waals surface area contributed by atoms with Gasteiger partial charge in [-0.25, -0.2) is 27.6 Å². The second kappa shape index (κ2) is 7.78. The molecule has 0 unspecified atom stereocenters. The summed E-state index contributed by atoms with van der Waals surface area (Å²) in [5, 5.41) is 7.75. The first kappa shape index (κ1) is 20.7. The number of hydrogen-bond donors (Lipinski definition) is 0. The molecule has 0 aliphatic heterocycles. The van der Waals surface area contributed by atoms with E-state index < -0.39 is 15.0 Å². The van der Waals surface area contributed by atoms with E-state index in [-0.39, 0.29) is 28.9 Å². The molecule has 156 valence electrons. The van der Waals surface area contributed by atoms with Gasteiger partial charge in [0, 0.05) is 24.5 Å². The number of carbonyl (C=O) groups is 1. The lowest BCUT2D eigenvalue weighted by atomic mass is 10.3. The lowest BCUT2D eigenvalue weighted by Crippen LogP contribution is -2.33. The molecule has 0 spiro atoms. The lowest BCUT2D eigenvalue weighted by molar-refractivity contribution is -0.131. The third kappa shape index (κ3) is 3.67. The molecule has 1 amide bonds. The van der Waals surface area contributed by atoms with E-state index in [2.05, 4.69) is 20.2 Å². The summed E-state index contributed by atoms with van der Waals surface area (Å²) in [6, 6.07) is 1.78. The molecule has 11 nitrogen and oxygen atoms in total. The fourth-order valence-corrected chi connectivity index (χ4v) is 4.34. The summed E-state index contributed by atoms with van der Waals surface area (Å²) in [7, 11) is -2.85. The zero-order valence-electron chi connectivity index (χ0n) is 16.9. The molecule has 0 radical (unpaired) electrons. The molecule has 12 heteroatoms. The summed E-state index contributed by atoms with van der Waals surface area (Å²) in [4.78, 5) is 21.9. The minimum atomic E-state index is -4.18. The number of fused-ring (bicyclic) bond motifs is 1. The summed E-state index contributed by atoms with van der Waals surface area (Å²) < 4.78 is 34.3. The fourth-order valence-electron chi connectivity index (χ4n) is 3.03. The minimum absolute atomic E-state index is 0.0956. The van der Waals surface area contributed by atoms with E-state index >= 15 is 0 Å². The highest BCUT2D eigenvalue weighted by Crippen LogP contribution is 2.31. The number of likely N-dealkylation sites (N-methyl/N-ethyl adjacent to an activating group) is 1. The first-order chi connectivity index (χ1) is 13.7. The first-order valence-electron chi connectivity index (χ1n) is 9.06. The Bertz CT molecular complexity index is 1160. The number of sulfone groups is 1. The van der Waals surface area contributed by atoms with Crippen molar-refractivity contribution in [1.82, 2.24) is 34.3 Å². The Labute approximate surface area is 168 Å². The molecule has 3 rings (SSSR count). The molecule has 0 bridgehead atoms. The highest BCUT2D eigenvalue weighted by molar-refractivity contribution is 7.91. The molecule has 0 aromatic carbocycles. The van der Waals surface area contributed by atoms with Gasteiger partial charge in [-0.1, -0.05) is 0 Å². The SMILES string of the molecule is CCN(CC)C(=O)Cn1cnc(S(=O)(=O)c2c(OC)nn3c(C)cc(C)nc23)n1. The number of carbonyl (C=O) groups excluding carboxylic acids is 1. The van der Waals surface area contributed by atoms with Crippen molar-refractivity contribution >= 4 is 21.4 Å². The average Bonchev–Trinajstić information content (AvgIpc) is 3.27. The standard InChI is InChI=1S/C17H23N7O4S/c1-6-22(7-2)13(25)9-23-10-18-17(21-23)29(26,27)14-15-19-11(3)8-12(4)24(15)20-16(14)28-5/h8,10H,6-7,9H2,1-5H3. The van der Waals surface area contributed by atoms with Crippen LogP contribution in [0.3, 0.4) is 0 Å². The van der Waals surface area contributed by atoms with Crippen LogP contribution >= 0.6 is 0 Å². The predicted octanol–water partition coefficient (Wildman–Crippen LogP) is 0.647. The van der Waals surface area contributed by atoms with Crippen LogP contribution in [-0.2, 0) is 21.2 Å². The van der Waals surface area contributed by atoms with Crippen LogP contribution in [0.4, 0.5) is 0 Å². The molecule has 0 saturated carbocycles. The molecule has 3 heterocycles. The maximum absolute atomic E-state index is 13.2. The third-order valence-electron chi connectivity index (χ3n) is 4.45. The second-order valence-corrected chi connectivity index (χ2v) is 8.19. The van der Waals surface area contributed by atoms with Gasteiger partial charge in [0.2, 0.25) is 5.91 Å². The first-order valence-corrected chi connectivity index (χ1v) is 10.5. The number of aromatic nitrogens is 6. The quantitative estimate of drug-likeness (QED) is 0.544. The number of amides is 1. The number of methoxy groups -OCH3 is 1. The molecular weight excluding hydrogens is 398 g/mol. The van der Waals surface area contributed by atoms with Crippen molar-refractivity contribution in [3.8, 4) is 5.88 Å². The Balaban J connectivity index is 2.05. The lowest BCUT2D eigenvalue weighted by Gasteiger charge is -2.17. The second-order valence-electron chi connectivity index (χ2n) is 6.41. The molecule has 29 heavy (non-hydrogen) atoms. The van der Waals surface area contributed by atoms with Gasteiger partial charge in [0.15, 0.2) is 10.5 Å². The van der Waals surface area contributed by atoms with Gasteiger partial charge in [-0.05, 0) is 33.8 Å². The van der Waals surface area contributed by atoms with Crippen molar-refractivity contribution in [1.29, 1.82) is 0 Å². The van der Waals surface area contributed by atoms with Gasteiger partial charge in [0.25, 0.3) is 20.9 Å². The van der Waals surface area contributed by atoms with Crippen LogP contribution in [0.25, 0.3) is 5.65 Å². The topological polar surface area (TPSA) is 125 Å². The smallest absolute Gasteiger partial charge is 0.272 e. The molecule has 0 fully saturated rings. The Hall–Kier alpha value is -3.02. The van der Waals surface area contributed by atoms with Crippen molar-refractivity contribution in [3.05, 3.63) is 23.8 Å². The monoisotopic (exact) mass is 421 g/mol. The Kier molecular flexibility index (Phi) is 5.55. The molecule has 0 aliphatic carbocycles. The summed E-state index contributed by atoms with van der Waals surface area (Å²) in [6.45, 7) is 8.29. The number of aryl methyl sites for hydroxylation is 2. The van der Waals surface area contributed by atoms with E-state index in [0.29, 0.717) is 24.5 Å². The van der Waals surface area contributed by atoms with E-state index in [9.17, 15) is 13.2 Å². The summed E-state index contributed by atoms with van der Waals surface area (Å²) in [6.07, 6.45) is 1.22. The van der Waals surface area contributed by atoms with Crippen LogP contribution in [0.15, 0.2) is 22.4 Å². The highest BCUT2D eigenvalue weighted by atomic mass is 32.2. The van der Waals surface area contributed by atoms with Crippen molar-refractivity contribution in [2.24, 2.45) is 0 Å². The Morgan fingerprint density at radius 2 is 1.90 bits per heavy atom. The number of rotatable bonds is 7. The molecule has 3 aromatic heterocycles. The summed E-state index contributed by atoms with van der Waals surface area (Å²) >= 11 is 0. The van der Waals surface area contributed by atoms with Gasteiger partial charge in [-0.2, -0.15) is 0 Å². The van der Waals surface area contributed by atoms with E-state index in [1.54, 1.807) is 24.8 Å². The minimum Gasteiger partial charge on any atom is -0.479 e. The molecule has 3 aromatic rings. The molecule has 0 aliphatic rings. The third-order valence-corrected chi connectivity index (χ3v) is 6.02. The van der Waals surface area contributed by atoms with Crippen molar-refractivity contribution < 1.29 is 17.9 Å². The summed E-state index contributed by atoms with van der Waals surface area (Å²) in [5.41, 5.74) is 1.47. The number of hydrogen-bond acceptors (Lipinski definition) is 8. The van der Waals surface area contributed by atoms with Crippen molar-refractivity contribution in [2.75, 3.05) is 20.2 Å². The van der Waals surface area contributed by atoms with Crippen LogP contribution in [-0.4, -0.2) is 68.8 Å². The van der Waals surface area contributed by atoms with Gasteiger partial charge < -0.3 is 9.64 Å². The van der Waals surface area contributed by atoms with Gasteiger partial charge in [-0.15, -0.1) is 10.2 Å². The maximum Gasteiger partial charge on any atom is 0.272 e. The van der Waals surface area contributed by atoms with E-state index in [1.165, 1.54) is 22.6 Å². The predicted molar refractivity (Wildman–Crippen MR) is 102 cm³/mol. The molecule has 0 N–H and O–H groups in total. The van der Waals surface area contributed by atoms with Gasteiger partial charge in [0.1, 0.15) is 12.9 Å². The largest absolute Gasteiger partial charge is 0.479 e. The van der Waals surface area contributed by atoms with Crippen LogP contribution in [0, 0.1) is 13.8 Å². The number of ether oxygens (including phenoxy) is 1. The highest BCUT2D eigenvalue weighted by Gasteiger charge is 2.33. The van der Waals surface area contributed by atoms with E-state index in [4.69, 9.17) is 4.74 Å². The Morgan fingerprint density at radius 1 is 1.21 bits per heavy atom. The van der Waals surface area contributed by atoms with Gasteiger partial charge >= 0.3 is 0 Å². The van der Waals surface area contributed by atoms with Crippen molar-refractivity contribution in [3.63, 3.8) is 0 Å². The van der Waals surface area contributed by atoms with Gasteiger partial charge in [-0.3, -0.25) is 4.79 Å². The van der Waals surface area contributed by atoms with E-state index in [0.717, 1.165) is 0 Å². The summed E-state index contributed by atoms with van der Waals surface area (Å²) in [5.74, 6) is -0.271. The molecule has 0 saturated heterocycles. The zero-order chi connectivity index (χ0) is 21.3. The number of nitrogens with zero attached hydrogens (tertiary/aromatic N) is 7. The normalized spacial score (nSPS) is 11.8. The Morgan fingerprint density at radius 3 is 2.52 bits per heavy atom. The maximum atomic E-state index is 13.2. The van der Waals surface area contributed by atoms with Crippen LogP contribution in [0.1, 0.15) is 25.2 Å². The van der Waals surface area contributed by atoms with E-state index in [1.807, 2.05) is 13.8 Å². The molecular formula is C17H23N7O4S. The van der Waals surface area contributed by atoms with Gasteiger partial charge in [0.05, 0.1) is 7.11 Å². The molecule has 0 atom stereocenters. The van der Waals surface area contributed by atoms with Crippen molar-refractivity contribution in [2.45, 2.75) is 44.3 Å². The average molecular weight is 421 g/mol. The fraction of sp³-hybridized carbons (Fsp3) is 0.471. The zero-order valence-corrected chi connectivity index (χ0v) is 17.8.